The first-order chi connectivity index (χ1) is 15.0. The van der Waals surface area contributed by atoms with Gasteiger partial charge in [0.2, 0.25) is 0 Å². The lowest BCUT2D eigenvalue weighted by Gasteiger charge is -2.28. The molecule has 0 saturated carbocycles. The van der Waals surface area contributed by atoms with Crippen LogP contribution in [0.1, 0.15) is 20.3 Å². The van der Waals surface area contributed by atoms with Gasteiger partial charge in [-0.15, -0.1) is 0 Å². The minimum atomic E-state index is -0.466. The summed E-state index contributed by atoms with van der Waals surface area (Å²) in [6, 6.07) is 7.85. The number of aromatic nitrogens is 3. The summed E-state index contributed by atoms with van der Waals surface area (Å²) in [7, 11) is 0. The van der Waals surface area contributed by atoms with Gasteiger partial charge in [-0.05, 0) is 50.6 Å². The van der Waals surface area contributed by atoms with Gasteiger partial charge >= 0.3 is 6.03 Å². The van der Waals surface area contributed by atoms with Crippen LogP contribution in [0.4, 0.5) is 26.5 Å². The van der Waals surface area contributed by atoms with Crippen LogP contribution in [0.2, 0.25) is 5.02 Å². The SMILES string of the molecule is CCN1CC[C@@H](C)N(C(=O)Nc2ccc(F)cn2)c2nc(-c3cncc(Cl)c3)ccc21. The molecule has 0 fully saturated rings. The van der Waals surface area contributed by atoms with E-state index in [2.05, 4.69) is 27.1 Å². The lowest BCUT2D eigenvalue weighted by molar-refractivity contribution is 0.255. The van der Waals surface area contributed by atoms with Crippen molar-refractivity contribution < 1.29 is 9.18 Å². The van der Waals surface area contributed by atoms with E-state index < -0.39 is 5.82 Å². The smallest absolute Gasteiger partial charge is 0.328 e. The van der Waals surface area contributed by atoms with Gasteiger partial charge in [0.05, 0.1) is 22.6 Å². The standard InChI is InChI=1S/C22H22ClFN6O/c1-3-29-9-8-14(2)30(22(31)28-20-7-4-17(24)13-26-20)21-19(29)6-5-18(27-21)15-10-16(23)12-25-11-15/h4-7,10-14H,3,8-9H2,1-2H3,(H,26,28,31)/t14-/m1/s1. The Bertz CT molecular complexity index is 1090. The monoisotopic (exact) mass is 440 g/mol. The lowest BCUT2D eigenvalue weighted by atomic mass is 10.1. The van der Waals surface area contributed by atoms with E-state index in [0.717, 1.165) is 37.0 Å². The number of pyridine rings is 3. The number of urea groups is 1. The molecule has 3 aromatic rings. The average molecular weight is 441 g/mol. The third-order valence-electron chi connectivity index (χ3n) is 5.24. The van der Waals surface area contributed by atoms with E-state index in [1.165, 1.54) is 12.1 Å². The summed E-state index contributed by atoms with van der Waals surface area (Å²) in [5.41, 5.74) is 2.29. The number of rotatable bonds is 3. The van der Waals surface area contributed by atoms with Gasteiger partial charge in [-0.1, -0.05) is 11.6 Å². The second kappa shape index (κ2) is 8.85. The summed E-state index contributed by atoms with van der Waals surface area (Å²) < 4.78 is 13.2. The van der Waals surface area contributed by atoms with E-state index in [-0.39, 0.29) is 17.9 Å². The summed E-state index contributed by atoms with van der Waals surface area (Å²) in [5, 5.41) is 3.27. The molecule has 31 heavy (non-hydrogen) atoms. The van der Waals surface area contributed by atoms with Gasteiger partial charge in [-0.3, -0.25) is 15.2 Å². The van der Waals surface area contributed by atoms with Gasteiger partial charge in [0.15, 0.2) is 5.82 Å². The number of hydrogen-bond acceptors (Lipinski definition) is 5. The van der Waals surface area contributed by atoms with Crippen LogP contribution < -0.4 is 15.1 Å². The Kier molecular flexibility index (Phi) is 5.99. The van der Waals surface area contributed by atoms with E-state index in [1.807, 2.05) is 19.1 Å². The van der Waals surface area contributed by atoms with Crippen molar-refractivity contribution in [3.8, 4) is 11.3 Å². The number of amides is 2. The molecule has 2 amide bonds. The number of nitrogens with one attached hydrogen (secondary N) is 1. The molecule has 160 valence electrons. The normalized spacial score (nSPS) is 15.9. The molecular weight excluding hydrogens is 419 g/mol. The van der Waals surface area contributed by atoms with Crippen LogP contribution in [-0.4, -0.2) is 40.1 Å². The number of carbonyl (C=O) groups is 1. The Morgan fingerprint density at radius 2 is 2.10 bits per heavy atom. The zero-order valence-electron chi connectivity index (χ0n) is 17.2. The zero-order valence-corrected chi connectivity index (χ0v) is 18.0. The number of anilines is 3. The van der Waals surface area contributed by atoms with Crippen LogP contribution in [0.15, 0.2) is 48.9 Å². The molecule has 1 atom stereocenters. The average Bonchev–Trinajstić information content (AvgIpc) is 2.90. The fourth-order valence-electron chi connectivity index (χ4n) is 3.62. The molecule has 1 aliphatic heterocycles. The van der Waals surface area contributed by atoms with Crippen LogP contribution in [0.25, 0.3) is 11.3 Å². The van der Waals surface area contributed by atoms with Crippen LogP contribution in [0.5, 0.6) is 0 Å². The van der Waals surface area contributed by atoms with Gasteiger partial charge in [0.1, 0.15) is 11.6 Å². The third kappa shape index (κ3) is 4.44. The second-order valence-corrected chi connectivity index (χ2v) is 7.75. The molecule has 4 heterocycles. The van der Waals surface area contributed by atoms with Gasteiger partial charge in [0, 0.05) is 37.1 Å². The molecular formula is C22H22ClFN6O. The molecule has 7 nitrogen and oxygen atoms in total. The topological polar surface area (TPSA) is 74.2 Å². The molecule has 0 bridgehead atoms. The summed E-state index contributed by atoms with van der Waals surface area (Å²) in [6.45, 7) is 5.63. The summed E-state index contributed by atoms with van der Waals surface area (Å²) >= 11 is 6.11. The predicted molar refractivity (Wildman–Crippen MR) is 120 cm³/mol. The number of hydrogen-bond donors (Lipinski definition) is 1. The highest BCUT2D eigenvalue weighted by Gasteiger charge is 2.31. The van der Waals surface area contributed by atoms with Gasteiger partial charge < -0.3 is 4.90 Å². The van der Waals surface area contributed by atoms with E-state index in [0.29, 0.717) is 16.5 Å². The van der Waals surface area contributed by atoms with Crippen molar-refractivity contribution in [3.63, 3.8) is 0 Å². The molecule has 0 saturated heterocycles. The minimum absolute atomic E-state index is 0.115. The van der Waals surface area contributed by atoms with E-state index in [1.54, 1.807) is 23.4 Å². The van der Waals surface area contributed by atoms with Crippen molar-refractivity contribution >= 4 is 35.0 Å². The maximum Gasteiger partial charge on any atom is 0.328 e. The van der Waals surface area contributed by atoms with E-state index >= 15 is 0 Å². The predicted octanol–water partition coefficient (Wildman–Crippen LogP) is 4.99. The van der Waals surface area contributed by atoms with E-state index in [4.69, 9.17) is 16.6 Å². The summed E-state index contributed by atoms with van der Waals surface area (Å²) in [6.07, 6.45) is 5.08. The highest BCUT2D eigenvalue weighted by atomic mass is 35.5. The Morgan fingerprint density at radius 3 is 2.81 bits per heavy atom. The third-order valence-corrected chi connectivity index (χ3v) is 5.45. The van der Waals surface area contributed by atoms with Crippen molar-refractivity contribution in [2.45, 2.75) is 26.3 Å². The maximum atomic E-state index is 13.3. The van der Waals surface area contributed by atoms with Crippen molar-refractivity contribution in [2.75, 3.05) is 28.2 Å². The van der Waals surface area contributed by atoms with Gasteiger partial charge in [0.25, 0.3) is 0 Å². The summed E-state index contributed by atoms with van der Waals surface area (Å²) in [4.78, 5) is 30.0. The first-order valence-electron chi connectivity index (χ1n) is 10.0. The Labute approximate surface area is 184 Å². The molecule has 4 rings (SSSR count). The molecule has 0 radical (unpaired) electrons. The summed E-state index contributed by atoms with van der Waals surface area (Å²) in [5.74, 6) is 0.349. The molecule has 0 spiro atoms. The molecule has 0 aliphatic carbocycles. The zero-order chi connectivity index (χ0) is 22.0. The molecule has 9 heteroatoms. The quantitative estimate of drug-likeness (QED) is 0.621. The molecule has 0 unspecified atom stereocenters. The number of nitrogens with zero attached hydrogens (tertiary/aromatic N) is 5. The molecule has 1 aliphatic rings. The first-order valence-corrected chi connectivity index (χ1v) is 10.4. The molecule has 1 N–H and O–H groups in total. The largest absolute Gasteiger partial charge is 0.369 e. The van der Waals surface area contributed by atoms with Gasteiger partial charge in [-0.2, -0.15) is 0 Å². The fraction of sp³-hybridized carbons (Fsp3) is 0.273. The van der Waals surface area contributed by atoms with Crippen molar-refractivity contribution in [1.82, 2.24) is 15.0 Å². The number of fused-ring (bicyclic) bond motifs is 1. The number of halogens is 2. The van der Waals surface area contributed by atoms with Gasteiger partial charge in [-0.25, -0.2) is 19.2 Å². The highest BCUT2D eigenvalue weighted by molar-refractivity contribution is 6.30. The molecule has 3 aromatic heterocycles. The fourth-order valence-corrected chi connectivity index (χ4v) is 3.80. The molecule has 0 aromatic carbocycles. The Hall–Kier alpha value is -3.26. The van der Waals surface area contributed by atoms with Crippen molar-refractivity contribution in [1.29, 1.82) is 0 Å². The first kappa shape index (κ1) is 21.0. The van der Waals surface area contributed by atoms with Crippen LogP contribution in [0, 0.1) is 5.82 Å². The second-order valence-electron chi connectivity index (χ2n) is 7.31. The Morgan fingerprint density at radius 1 is 1.26 bits per heavy atom. The van der Waals surface area contributed by atoms with Crippen molar-refractivity contribution in [2.24, 2.45) is 0 Å². The van der Waals surface area contributed by atoms with Crippen LogP contribution in [0.3, 0.4) is 0 Å². The lowest BCUT2D eigenvalue weighted by Crippen LogP contribution is -2.42. The minimum Gasteiger partial charge on any atom is -0.369 e. The number of carbonyl (C=O) groups excluding carboxylic acids is 1. The highest BCUT2D eigenvalue weighted by Crippen LogP contribution is 2.35. The maximum absolute atomic E-state index is 13.3. The van der Waals surface area contributed by atoms with Crippen LogP contribution in [-0.2, 0) is 0 Å². The van der Waals surface area contributed by atoms with Crippen LogP contribution >= 0.6 is 11.6 Å². The Balaban J connectivity index is 1.76. The van der Waals surface area contributed by atoms with E-state index in [9.17, 15) is 9.18 Å². The van der Waals surface area contributed by atoms with Crippen molar-refractivity contribution in [3.05, 3.63) is 59.8 Å².